The number of hydrogen-bond acceptors (Lipinski definition) is 4. The summed E-state index contributed by atoms with van der Waals surface area (Å²) in [6, 6.07) is 12.0. The minimum absolute atomic E-state index is 0.235. The first-order valence-electron chi connectivity index (χ1n) is 9.36. The zero-order chi connectivity index (χ0) is 20.1. The molecule has 2 aromatic carbocycles. The third kappa shape index (κ3) is 4.44. The normalized spacial score (nSPS) is 14.6. The van der Waals surface area contributed by atoms with E-state index in [4.69, 9.17) is 9.47 Å². The van der Waals surface area contributed by atoms with Crippen LogP contribution in [0.5, 0.6) is 11.5 Å². The minimum atomic E-state index is -1.000. The van der Waals surface area contributed by atoms with Crippen LogP contribution >= 0.6 is 0 Å². The number of carboxylic acid groups (broad SMARTS) is 1. The van der Waals surface area contributed by atoms with Crippen molar-refractivity contribution in [2.75, 3.05) is 14.2 Å². The Kier molecular flexibility index (Phi) is 6.19. The van der Waals surface area contributed by atoms with Crippen molar-refractivity contribution in [3.8, 4) is 11.5 Å². The van der Waals surface area contributed by atoms with Crippen molar-refractivity contribution in [3.05, 3.63) is 59.2 Å². The SMILES string of the molecule is COc1ccc(C(CC(=O)O)NC(=O)c2ccc(C3CCC3)cc2)cc1OC. The van der Waals surface area contributed by atoms with Gasteiger partial charge in [0.15, 0.2) is 11.5 Å². The van der Waals surface area contributed by atoms with Crippen LogP contribution in [-0.4, -0.2) is 31.2 Å². The quantitative estimate of drug-likeness (QED) is 0.722. The van der Waals surface area contributed by atoms with E-state index in [1.165, 1.54) is 39.0 Å². The van der Waals surface area contributed by atoms with Gasteiger partial charge >= 0.3 is 5.97 Å². The molecule has 2 N–H and O–H groups in total. The molecule has 1 aliphatic carbocycles. The molecule has 0 radical (unpaired) electrons. The first-order valence-corrected chi connectivity index (χ1v) is 9.36. The van der Waals surface area contributed by atoms with E-state index in [0.717, 1.165) is 0 Å². The molecule has 28 heavy (non-hydrogen) atoms. The highest BCUT2D eigenvalue weighted by Gasteiger charge is 2.22. The van der Waals surface area contributed by atoms with Crippen molar-refractivity contribution < 1.29 is 24.2 Å². The van der Waals surface area contributed by atoms with Gasteiger partial charge in [0, 0.05) is 5.56 Å². The Morgan fingerprint density at radius 3 is 2.29 bits per heavy atom. The number of benzene rings is 2. The Hall–Kier alpha value is -3.02. The number of rotatable bonds is 8. The van der Waals surface area contributed by atoms with Gasteiger partial charge in [-0.2, -0.15) is 0 Å². The van der Waals surface area contributed by atoms with Crippen LogP contribution in [0.15, 0.2) is 42.5 Å². The summed E-state index contributed by atoms with van der Waals surface area (Å²) in [4.78, 5) is 24.0. The number of aliphatic carboxylic acids is 1. The van der Waals surface area contributed by atoms with Crippen molar-refractivity contribution in [2.45, 2.75) is 37.6 Å². The van der Waals surface area contributed by atoms with Crippen LogP contribution in [0.3, 0.4) is 0 Å². The number of ether oxygens (including phenoxy) is 2. The van der Waals surface area contributed by atoms with Crippen LogP contribution in [0.4, 0.5) is 0 Å². The fraction of sp³-hybridized carbons (Fsp3) is 0.364. The maximum Gasteiger partial charge on any atom is 0.305 e. The van der Waals surface area contributed by atoms with Crippen LogP contribution in [0.2, 0.25) is 0 Å². The second-order valence-electron chi connectivity index (χ2n) is 6.99. The van der Waals surface area contributed by atoms with Crippen molar-refractivity contribution in [1.82, 2.24) is 5.32 Å². The molecule has 148 valence electrons. The van der Waals surface area contributed by atoms with E-state index in [1.807, 2.05) is 12.1 Å². The molecule has 1 atom stereocenters. The average molecular weight is 383 g/mol. The van der Waals surface area contributed by atoms with Gasteiger partial charge in [-0.15, -0.1) is 0 Å². The highest BCUT2D eigenvalue weighted by Crippen LogP contribution is 2.36. The summed E-state index contributed by atoms with van der Waals surface area (Å²) in [5, 5.41) is 12.1. The molecule has 0 aromatic heterocycles. The fourth-order valence-electron chi connectivity index (χ4n) is 3.39. The van der Waals surface area contributed by atoms with E-state index in [0.29, 0.717) is 28.5 Å². The summed E-state index contributed by atoms with van der Waals surface area (Å²) >= 11 is 0. The Balaban J connectivity index is 1.78. The molecule has 1 fully saturated rings. The number of amides is 1. The van der Waals surface area contributed by atoms with Crippen LogP contribution < -0.4 is 14.8 Å². The maximum atomic E-state index is 12.7. The van der Waals surface area contributed by atoms with Gasteiger partial charge in [0.25, 0.3) is 5.91 Å². The Bertz CT molecular complexity index is 843. The molecule has 0 spiro atoms. The van der Waals surface area contributed by atoms with Crippen LogP contribution in [0, 0.1) is 0 Å². The average Bonchev–Trinajstić information content (AvgIpc) is 2.65. The summed E-state index contributed by atoms with van der Waals surface area (Å²) in [7, 11) is 3.04. The molecule has 0 saturated heterocycles. The molecule has 2 aromatic rings. The predicted octanol–water partition coefficient (Wildman–Crippen LogP) is 3.92. The van der Waals surface area contributed by atoms with Gasteiger partial charge in [-0.25, -0.2) is 0 Å². The van der Waals surface area contributed by atoms with Crippen LogP contribution in [0.25, 0.3) is 0 Å². The van der Waals surface area contributed by atoms with Crippen molar-refractivity contribution in [2.24, 2.45) is 0 Å². The van der Waals surface area contributed by atoms with Crippen molar-refractivity contribution >= 4 is 11.9 Å². The summed E-state index contributed by atoms with van der Waals surface area (Å²) in [6.45, 7) is 0. The number of carbonyl (C=O) groups is 2. The Morgan fingerprint density at radius 2 is 1.75 bits per heavy atom. The fourth-order valence-corrected chi connectivity index (χ4v) is 3.39. The van der Waals surface area contributed by atoms with E-state index >= 15 is 0 Å². The Labute approximate surface area is 164 Å². The molecule has 6 nitrogen and oxygen atoms in total. The second kappa shape index (κ2) is 8.78. The van der Waals surface area contributed by atoms with E-state index in [2.05, 4.69) is 5.32 Å². The maximum absolute atomic E-state index is 12.7. The third-order valence-electron chi connectivity index (χ3n) is 5.24. The minimum Gasteiger partial charge on any atom is -0.493 e. The lowest BCUT2D eigenvalue weighted by molar-refractivity contribution is -0.137. The second-order valence-corrected chi connectivity index (χ2v) is 6.99. The Morgan fingerprint density at radius 1 is 1.07 bits per heavy atom. The first kappa shape index (κ1) is 19.7. The van der Waals surface area contributed by atoms with Gasteiger partial charge in [-0.05, 0) is 54.2 Å². The summed E-state index contributed by atoms with van der Waals surface area (Å²) in [6.07, 6.45) is 3.42. The molecule has 0 bridgehead atoms. The van der Waals surface area contributed by atoms with Gasteiger partial charge in [-0.1, -0.05) is 24.6 Å². The monoisotopic (exact) mass is 383 g/mol. The highest BCUT2D eigenvalue weighted by molar-refractivity contribution is 5.94. The summed E-state index contributed by atoms with van der Waals surface area (Å²) in [5.74, 6) is 0.318. The van der Waals surface area contributed by atoms with E-state index < -0.39 is 12.0 Å². The molecule has 1 aliphatic rings. The lowest BCUT2D eigenvalue weighted by atomic mass is 9.80. The molecule has 3 rings (SSSR count). The van der Waals surface area contributed by atoms with E-state index in [9.17, 15) is 14.7 Å². The number of carboxylic acids is 1. The lowest BCUT2D eigenvalue weighted by Crippen LogP contribution is -2.30. The topological polar surface area (TPSA) is 84.9 Å². The van der Waals surface area contributed by atoms with Gasteiger partial charge in [0.2, 0.25) is 0 Å². The third-order valence-corrected chi connectivity index (χ3v) is 5.24. The van der Waals surface area contributed by atoms with Gasteiger partial charge in [-0.3, -0.25) is 9.59 Å². The standard InChI is InChI=1S/C22H25NO5/c1-27-19-11-10-17(12-20(19)28-2)18(13-21(24)25)23-22(26)16-8-6-15(7-9-16)14-4-3-5-14/h6-12,14,18H,3-5,13H2,1-2H3,(H,23,26)(H,24,25). The van der Waals surface area contributed by atoms with Crippen molar-refractivity contribution in [1.29, 1.82) is 0 Å². The largest absolute Gasteiger partial charge is 0.493 e. The lowest BCUT2D eigenvalue weighted by Gasteiger charge is -2.25. The molecule has 0 heterocycles. The summed E-state index contributed by atoms with van der Waals surface area (Å²) in [5.41, 5.74) is 2.41. The van der Waals surface area contributed by atoms with E-state index in [-0.39, 0.29) is 12.3 Å². The molecule has 0 aliphatic heterocycles. The summed E-state index contributed by atoms with van der Waals surface area (Å²) < 4.78 is 10.5. The van der Waals surface area contributed by atoms with E-state index in [1.54, 1.807) is 30.3 Å². The van der Waals surface area contributed by atoms with Crippen molar-refractivity contribution in [3.63, 3.8) is 0 Å². The molecule has 6 heteroatoms. The predicted molar refractivity (Wildman–Crippen MR) is 105 cm³/mol. The number of hydrogen-bond donors (Lipinski definition) is 2. The number of methoxy groups -OCH3 is 2. The van der Waals surface area contributed by atoms with Crippen LogP contribution in [0.1, 0.15) is 59.1 Å². The molecular weight excluding hydrogens is 358 g/mol. The smallest absolute Gasteiger partial charge is 0.305 e. The number of carbonyl (C=O) groups excluding carboxylic acids is 1. The molecule has 1 unspecified atom stereocenters. The highest BCUT2D eigenvalue weighted by atomic mass is 16.5. The zero-order valence-corrected chi connectivity index (χ0v) is 16.1. The van der Waals surface area contributed by atoms with Gasteiger partial charge in [0.05, 0.1) is 26.7 Å². The first-order chi connectivity index (χ1) is 13.5. The molecule has 1 amide bonds. The number of nitrogens with one attached hydrogen (secondary N) is 1. The van der Waals surface area contributed by atoms with Gasteiger partial charge < -0.3 is 19.9 Å². The molecule has 1 saturated carbocycles. The van der Waals surface area contributed by atoms with Gasteiger partial charge in [0.1, 0.15) is 0 Å². The zero-order valence-electron chi connectivity index (χ0n) is 16.1. The van der Waals surface area contributed by atoms with Crippen LogP contribution in [-0.2, 0) is 4.79 Å². The molecular formula is C22H25NO5.